The second-order valence-corrected chi connectivity index (χ2v) is 5.19. The van der Waals surface area contributed by atoms with Gasteiger partial charge in [-0.2, -0.15) is 0 Å². The van der Waals surface area contributed by atoms with Crippen LogP contribution >= 0.6 is 22.9 Å². The molecule has 0 atom stereocenters. The molecule has 0 N–H and O–H groups in total. The summed E-state index contributed by atoms with van der Waals surface area (Å²) in [5.41, 5.74) is 1.99. The number of halogens is 1. The van der Waals surface area contributed by atoms with Gasteiger partial charge in [-0.1, -0.05) is 23.7 Å². The highest BCUT2D eigenvalue weighted by atomic mass is 35.5. The van der Waals surface area contributed by atoms with E-state index in [0.29, 0.717) is 16.1 Å². The summed E-state index contributed by atoms with van der Waals surface area (Å²) < 4.78 is 1.01. The van der Waals surface area contributed by atoms with Gasteiger partial charge < -0.3 is 0 Å². The molecule has 0 amide bonds. The first kappa shape index (κ1) is 11.4. The molecule has 2 aromatic heterocycles. The number of hydrogen-bond donors (Lipinski definition) is 0. The van der Waals surface area contributed by atoms with Crippen LogP contribution in [0.25, 0.3) is 10.2 Å². The largest absolute Gasteiger partial charge is 0.288 e. The summed E-state index contributed by atoms with van der Waals surface area (Å²) in [6.45, 7) is 0. The number of rotatable bonds is 2. The Labute approximate surface area is 113 Å². The van der Waals surface area contributed by atoms with E-state index in [2.05, 4.69) is 4.98 Å². The Kier molecular flexibility index (Phi) is 2.86. The maximum absolute atomic E-state index is 12.3. The van der Waals surface area contributed by atoms with Crippen LogP contribution in [0, 0.1) is 0 Å². The van der Waals surface area contributed by atoms with E-state index < -0.39 is 0 Å². The van der Waals surface area contributed by atoms with Crippen molar-refractivity contribution < 1.29 is 4.79 Å². The van der Waals surface area contributed by atoms with Crippen LogP contribution < -0.4 is 0 Å². The predicted molar refractivity (Wildman–Crippen MR) is 74.5 cm³/mol. The van der Waals surface area contributed by atoms with Gasteiger partial charge in [-0.25, -0.2) is 0 Å². The van der Waals surface area contributed by atoms with Crippen LogP contribution in [0.5, 0.6) is 0 Å². The highest BCUT2D eigenvalue weighted by Crippen LogP contribution is 2.23. The second-order valence-electron chi connectivity index (χ2n) is 3.84. The third kappa shape index (κ3) is 1.92. The van der Waals surface area contributed by atoms with Gasteiger partial charge in [-0.3, -0.25) is 9.78 Å². The molecule has 2 heterocycles. The van der Waals surface area contributed by atoms with Gasteiger partial charge in [-0.15, -0.1) is 11.3 Å². The van der Waals surface area contributed by atoms with Crippen molar-refractivity contribution in [2.45, 2.75) is 0 Å². The average Bonchev–Trinajstić information content (AvgIpc) is 2.85. The van der Waals surface area contributed by atoms with Crippen LogP contribution in [-0.4, -0.2) is 10.8 Å². The molecule has 88 valence electrons. The smallest absolute Gasteiger partial charge is 0.196 e. The zero-order valence-electron chi connectivity index (χ0n) is 9.26. The van der Waals surface area contributed by atoms with Crippen molar-refractivity contribution in [2.75, 3.05) is 0 Å². The minimum absolute atomic E-state index is 0.0941. The molecule has 0 fully saturated rings. The number of pyridine rings is 1. The molecule has 2 nitrogen and oxygen atoms in total. The molecule has 0 unspecified atom stereocenters. The molecule has 0 aliphatic carbocycles. The highest BCUT2D eigenvalue weighted by Gasteiger charge is 2.13. The molecule has 0 aliphatic heterocycles. The molecule has 0 radical (unpaired) electrons. The number of thiophene rings is 1. The first-order valence-electron chi connectivity index (χ1n) is 5.38. The van der Waals surface area contributed by atoms with E-state index in [1.165, 1.54) is 0 Å². The lowest BCUT2D eigenvalue weighted by Gasteiger charge is -2.03. The lowest BCUT2D eigenvalue weighted by Crippen LogP contribution is -2.02. The summed E-state index contributed by atoms with van der Waals surface area (Å²) >= 11 is 7.60. The predicted octanol–water partition coefficient (Wildman–Crippen LogP) is 4.18. The monoisotopic (exact) mass is 273 g/mol. The SMILES string of the molecule is O=C(c1cnc2ccsc2c1)c1ccccc1Cl. The summed E-state index contributed by atoms with van der Waals surface area (Å²) in [5, 5.41) is 2.43. The number of carbonyl (C=O) groups is 1. The minimum atomic E-state index is -0.0941. The van der Waals surface area contributed by atoms with E-state index in [0.717, 1.165) is 10.2 Å². The lowest BCUT2D eigenvalue weighted by molar-refractivity contribution is 0.103. The van der Waals surface area contributed by atoms with Crippen LogP contribution in [0.4, 0.5) is 0 Å². The van der Waals surface area contributed by atoms with Gasteiger partial charge in [0.2, 0.25) is 0 Å². The molecule has 0 saturated carbocycles. The molecule has 0 saturated heterocycles. The van der Waals surface area contributed by atoms with Gasteiger partial charge in [0.05, 0.1) is 15.2 Å². The molecule has 0 spiro atoms. The first-order valence-corrected chi connectivity index (χ1v) is 6.64. The first-order chi connectivity index (χ1) is 8.75. The normalized spacial score (nSPS) is 10.7. The quantitative estimate of drug-likeness (QED) is 0.656. The molecule has 4 heteroatoms. The maximum Gasteiger partial charge on any atom is 0.196 e. The fourth-order valence-electron chi connectivity index (χ4n) is 1.77. The average molecular weight is 274 g/mol. The summed E-state index contributed by atoms with van der Waals surface area (Å²) in [6, 6.07) is 10.8. The number of aromatic nitrogens is 1. The number of hydrogen-bond acceptors (Lipinski definition) is 3. The zero-order valence-corrected chi connectivity index (χ0v) is 10.8. The Bertz CT molecular complexity index is 735. The number of carbonyl (C=O) groups excluding carboxylic acids is 1. The van der Waals surface area contributed by atoms with Crippen LogP contribution in [0.1, 0.15) is 15.9 Å². The van der Waals surface area contributed by atoms with Crippen molar-refractivity contribution in [1.29, 1.82) is 0 Å². The van der Waals surface area contributed by atoms with Gasteiger partial charge in [-0.05, 0) is 29.6 Å². The van der Waals surface area contributed by atoms with Crippen LogP contribution in [0.15, 0.2) is 48.0 Å². The van der Waals surface area contributed by atoms with E-state index in [1.807, 2.05) is 17.5 Å². The van der Waals surface area contributed by atoms with Gasteiger partial charge in [0.15, 0.2) is 5.78 Å². The van der Waals surface area contributed by atoms with E-state index in [-0.39, 0.29) is 5.78 Å². The molecule has 0 aliphatic rings. The zero-order chi connectivity index (χ0) is 12.5. The van der Waals surface area contributed by atoms with E-state index in [4.69, 9.17) is 11.6 Å². The number of nitrogens with zero attached hydrogens (tertiary/aromatic N) is 1. The van der Waals surface area contributed by atoms with Gasteiger partial charge in [0.25, 0.3) is 0 Å². The van der Waals surface area contributed by atoms with Crippen LogP contribution in [-0.2, 0) is 0 Å². The molecule has 18 heavy (non-hydrogen) atoms. The topological polar surface area (TPSA) is 30.0 Å². The minimum Gasteiger partial charge on any atom is -0.288 e. The summed E-state index contributed by atoms with van der Waals surface area (Å²) in [7, 11) is 0. The Morgan fingerprint density at radius 3 is 2.89 bits per heavy atom. The number of fused-ring (bicyclic) bond motifs is 1. The Morgan fingerprint density at radius 1 is 1.22 bits per heavy atom. The Balaban J connectivity index is 2.09. The fourth-order valence-corrected chi connectivity index (χ4v) is 2.77. The van der Waals surface area contributed by atoms with Crippen molar-refractivity contribution in [2.24, 2.45) is 0 Å². The van der Waals surface area contributed by atoms with E-state index >= 15 is 0 Å². The van der Waals surface area contributed by atoms with Crippen molar-refractivity contribution in [3.05, 3.63) is 64.1 Å². The van der Waals surface area contributed by atoms with E-state index in [1.54, 1.807) is 41.8 Å². The fraction of sp³-hybridized carbons (Fsp3) is 0. The molecule has 0 bridgehead atoms. The van der Waals surface area contributed by atoms with Crippen molar-refractivity contribution >= 4 is 38.9 Å². The number of benzene rings is 1. The number of ketones is 1. The lowest BCUT2D eigenvalue weighted by atomic mass is 10.1. The maximum atomic E-state index is 12.3. The molecular weight excluding hydrogens is 266 g/mol. The van der Waals surface area contributed by atoms with Crippen molar-refractivity contribution in [3.63, 3.8) is 0 Å². The Hall–Kier alpha value is -1.71. The second kappa shape index (κ2) is 4.52. The third-order valence-electron chi connectivity index (χ3n) is 2.68. The summed E-state index contributed by atoms with van der Waals surface area (Å²) in [4.78, 5) is 16.6. The van der Waals surface area contributed by atoms with Crippen LogP contribution in [0.2, 0.25) is 5.02 Å². The highest BCUT2D eigenvalue weighted by molar-refractivity contribution is 7.17. The van der Waals surface area contributed by atoms with Gasteiger partial charge in [0.1, 0.15) is 0 Å². The van der Waals surface area contributed by atoms with Gasteiger partial charge in [0, 0.05) is 17.3 Å². The van der Waals surface area contributed by atoms with Crippen LogP contribution in [0.3, 0.4) is 0 Å². The molecular formula is C14H8ClNOS. The van der Waals surface area contributed by atoms with E-state index in [9.17, 15) is 4.79 Å². The molecule has 3 aromatic rings. The van der Waals surface area contributed by atoms with Crippen molar-refractivity contribution in [3.8, 4) is 0 Å². The Morgan fingerprint density at radius 2 is 2.06 bits per heavy atom. The molecule has 1 aromatic carbocycles. The molecule has 3 rings (SSSR count). The summed E-state index contributed by atoms with van der Waals surface area (Å²) in [5.74, 6) is -0.0941. The van der Waals surface area contributed by atoms with Crippen molar-refractivity contribution in [1.82, 2.24) is 4.98 Å². The summed E-state index contributed by atoms with van der Waals surface area (Å²) in [6.07, 6.45) is 1.60. The third-order valence-corrected chi connectivity index (χ3v) is 3.87. The van der Waals surface area contributed by atoms with Gasteiger partial charge >= 0.3 is 0 Å². The standard InChI is InChI=1S/C14H8ClNOS/c15-11-4-2-1-3-10(11)14(17)9-7-13-12(16-8-9)5-6-18-13/h1-8H.